The van der Waals surface area contributed by atoms with Crippen LogP contribution in [0.3, 0.4) is 0 Å². The summed E-state index contributed by atoms with van der Waals surface area (Å²) in [6, 6.07) is 18.7. The molecule has 2 heterocycles. The maximum absolute atomic E-state index is 15.9. The third kappa shape index (κ3) is 3.99. The van der Waals surface area contributed by atoms with Gasteiger partial charge in [-0.25, -0.2) is 9.37 Å². The molecule has 0 amide bonds. The van der Waals surface area contributed by atoms with Crippen molar-refractivity contribution in [3.8, 4) is 11.3 Å². The van der Waals surface area contributed by atoms with Crippen molar-refractivity contribution >= 4 is 32.9 Å². The van der Waals surface area contributed by atoms with Crippen molar-refractivity contribution in [1.29, 1.82) is 0 Å². The summed E-state index contributed by atoms with van der Waals surface area (Å²) in [5.41, 5.74) is 7.78. The van der Waals surface area contributed by atoms with Gasteiger partial charge in [0, 0.05) is 21.9 Å². The number of aromatic nitrogens is 2. The number of allylic oxidation sites excluding steroid dienone is 5. The van der Waals surface area contributed by atoms with E-state index in [9.17, 15) is 0 Å². The van der Waals surface area contributed by atoms with E-state index < -0.39 is 5.67 Å². The van der Waals surface area contributed by atoms with Gasteiger partial charge in [0.15, 0.2) is 0 Å². The summed E-state index contributed by atoms with van der Waals surface area (Å²) in [4.78, 5) is 4.94. The fourth-order valence-electron chi connectivity index (χ4n) is 5.50. The Balaban J connectivity index is 1.88. The molecule has 1 unspecified atom stereocenters. The Kier molecular flexibility index (Phi) is 6.33. The van der Waals surface area contributed by atoms with Crippen LogP contribution >= 0.6 is 0 Å². The number of nitrogens with zero attached hydrogens (tertiary/aromatic N) is 2. The summed E-state index contributed by atoms with van der Waals surface area (Å²) in [5.74, 6) is 0. The molecule has 0 aliphatic rings. The largest absolute Gasteiger partial charge is 0.292 e. The highest BCUT2D eigenvalue weighted by atomic mass is 19.1. The summed E-state index contributed by atoms with van der Waals surface area (Å²) in [6.07, 6.45) is 10.4. The number of aryl methyl sites for hydroxylation is 2. The molecule has 3 heteroatoms. The molecule has 5 rings (SSSR count). The fraction of sp³-hybridized carbons (Fsp3) is 0.206. The number of pyridine rings is 1. The van der Waals surface area contributed by atoms with Crippen LogP contribution in [0.5, 0.6) is 0 Å². The molecule has 2 aromatic heterocycles. The molecule has 0 fully saturated rings. The van der Waals surface area contributed by atoms with Crippen LogP contribution in [0.25, 0.3) is 44.2 Å². The van der Waals surface area contributed by atoms with Gasteiger partial charge in [-0.15, -0.1) is 0 Å². The van der Waals surface area contributed by atoms with E-state index in [0.29, 0.717) is 12.0 Å². The molecule has 3 aromatic carbocycles. The van der Waals surface area contributed by atoms with Crippen LogP contribution in [0.15, 0.2) is 91.7 Å². The van der Waals surface area contributed by atoms with Gasteiger partial charge in [0.05, 0.1) is 17.4 Å². The van der Waals surface area contributed by atoms with Crippen molar-refractivity contribution in [1.82, 2.24) is 9.38 Å². The fourth-order valence-corrected chi connectivity index (χ4v) is 5.50. The summed E-state index contributed by atoms with van der Waals surface area (Å²) >= 11 is 0. The average molecular weight is 489 g/mol. The summed E-state index contributed by atoms with van der Waals surface area (Å²) in [6.45, 7) is 13.9. The average Bonchev–Trinajstić information content (AvgIpc) is 3.33. The van der Waals surface area contributed by atoms with Crippen molar-refractivity contribution in [2.24, 2.45) is 0 Å². The van der Waals surface area contributed by atoms with Crippen molar-refractivity contribution in [2.75, 3.05) is 0 Å². The number of halogens is 1. The third-order valence-electron chi connectivity index (χ3n) is 7.52. The smallest absolute Gasteiger partial charge is 0.146 e. The molecule has 2 nitrogen and oxygen atoms in total. The van der Waals surface area contributed by atoms with E-state index >= 15 is 4.39 Å². The van der Waals surface area contributed by atoms with Crippen molar-refractivity contribution in [2.45, 2.75) is 46.7 Å². The minimum absolute atomic E-state index is 0.394. The van der Waals surface area contributed by atoms with E-state index in [-0.39, 0.29) is 0 Å². The number of benzene rings is 3. The quantitative estimate of drug-likeness (QED) is 0.172. The van der Waals surface area contributed by atoms with E-state index in [2.05, 4.69) is 67.3 Å². The van der Waals surface area contributed by atoms with E-state index in [0.717, 1.165) is 60.8 Å². The van der Waals surface area contributed by atoms with Gasteiger partial charge in [-0.2, -0.15) is 0 Å². The Bertz CT molecular complexity index is 1710. The number of para-hydroxylation sites is 1. The minimum Gasteiger partial charge on any atom is -0.292 e. The molecule has 0 N–H and O–H groups in total. The Morgan fingerprint density at radius 2 is 1.76 bits per heavy atom. The summed E-state index contributed by atoms with van der Waals surface area (Å²) in [5, 5.41) is 3.01. The number of hydrogen-bond acceptors (Lipinski definition) is 1. The zero-order valence-corrected chi connectivity index (χ0v) is 22.3. The topological polar surface area (TPSA) is 17.3 Å². The van der Waals surface area contributed by atoms with Crippen molar-refractivity contribution in [3.05, 3.63) is 114 Å². The van der Waals surface area contributed by atoms with Crippen molar-refractivity contribution in [3.63, 3.8) is 0 Å². The van der Waals surface area contributed by atoms with E-state index in [1.165, 1.54) is 0 Å². The number of rotatable bonds is 6. The molecule has 0 bridgehead atoms. The van der Waals surface area contributed by atoms with Crippen LogP contribution in [0.2, 0.25) is 0 Å². The van der Waals surface area contributed by atoms with E-state index in [4.69, 9.17) is 4.98 Å². The van der Waals surface area contributed by atoms with Gasteiger partial charge in [-0.1, -0.05) is 86.3 Å². The van der Waals surface area contributed by atoms with Gasteiger partial charge in [-0.3, -0.25) is 4.40 Å². The second-order valence-corrected chi connectivity index (χ2v) is 9.94. The molecule has 0 saturated heterocycles. The number of hydrogen-bond donors (Lipinski definition) is 0. The van der Waals surface area contributed by atoms with Crippen LogP contribution < -0.4 is 0 Å². The first kappa shape index (κ1) is 24.7. The number of alkyl halides is 1. The zero-order valence-electron chi connectivity index (χ0n) is 22.3. The standard InChI is InChI=1S/C34H33FN2/c1-7-10-14-24(8-2)25-19-22(4)31(23(5)20-25)30-21-36-33-32-27(16-13-17-28(32)34(6,35)9-3)26-15-11-12-18-29(26)37(30)33/h7-8,10-21H,2,9H2,1,3-6H3/b10-7-,24-14+. The lowest BCUT2D eigenvalue weighted by atomic mass is 9.89. The normalized spacial score (nSPS) is 14.2. The Labute approximate surface area is 218 Å². The van der Waals surface area contributed by atoms with Gasteiger partial charge in [0.2, 0.25) is 0 Å². The second-order valence-electron chi connectivity index (χ2n) is 9.94. The molecule has 0 saturated carbocycles. The van der Waals surface area contributed by atoms with Crippen LogP contribution in [0.1, 0.15) is 49.4 Å². The highest BCUT2D eigenvalue weighted by molar-refractivity contribution is 6.14. The Morgan fingerprint density at radius 3 is 2.43 bits per heavy atom. The molecule has 37 heavy (non-hydrogen) atoms. The van der Waals surface area contributed by atoms with Gasteiger partial charge >= 0.3 is 0 Å². The monoisotopic (exact) mass is 488 g/mol. The Morgan fingerprint density at radius 1 is 1.05 bits per heavy atom. The van der Waals surface area contributed by atoms with Gasteiger partial charge in [0.1, 0.15) is 11.3 Å². The lowest BCUT2D eigenvalue weighted by Gasteiger charge is -2.22. The zero-order chi connectivity index (χ0) is 26.3. The predicted molar refractivity (Wildman–Crippen MR) is 157 cm³/mol. The van der Waals surface area contributed by atoms with E-state index in [1.54, 1.807) is 6.92 Å². The predicted octanol–water partition coefficient (Wildman–Crippen LogP) is 9.66. The number of fused-ring (bicyclic) bond motifs is 6. The molecule has 0 spiro atoms. The SMILES string of the molecule is C=C/C(=C\C=C/C)c1cc(C)c(-c2cnc3c4c(C(C)(F)CC)cccc4c4ccccc4n23)c(C)c1. The molecule has 0 aliphatic heterocycles. The molecule has 1 atom stereocenters. The van der Waals surface area contributed by atoms with Gasteiger partial charge < -0.3 is 0 Å². The maximum atomic E-state index is 15.9. The van der Waals surface area contributed by atoms with Gasteiger partial charge in [0.25, 0.3) is 0 Å². The minimum atomic E-state index is -1.46. The molecule has 5 aromatic rings. The molecule has 186 valence electrons. The maximum Gasteiger partial charge on any atom is 0.146 e. The van der Waals surface area contributed by atoms with Crippen LogP contribution in [-0.2, 0) is 5.67 Å². The lowest BCUT2D eigenvalue weighted by Crippen LogP contribution is -2.14. The first-order chi connectivity index (χ1) is 17.8. The van der Waals surface area contributed by atoms with Crippen molar-refractivity contribution < 1.29 is 4.39 Å². The lowest BCUT2D eigenvalue weighted by molar-refractivity contribution is 0.187. The highest BCUT2D eigenvalue weighted by Gasteiger charge is 2.28. The second kappa shape index (κ2) is 9.48. The first-order valence-corrected chi connectivity index (χ1v) is 12.9. The molecule has 0 aliphatic carbocycles. The first-order valence-electron chi connectivity index (χ1n) is 12.9. The molecule has 0 radical (unpaired) electrons. The van der Waals surface area contributed by atoms with Gasteiger partial charge in [-0.05, 0) is 67.8 Å². The number of imidazole rings is 1. The van der Waals surface area contributed by atoms with Crippen LogP contribution in [0, 0.1) is 13.8 Å². The van der Waals surface area contributed by atoms with E-state index in [1.807, 2.05) is 56.5 Å². The summed E-state index contributed by atoms with van der Waals surface area (Å²) in [7, 11) is 0. The third-order valence-corrected chi connectivity index (χ3v) is 7.52. The molecular formula is C34H33FN2. The summed E-state index contributed by atoms with van der Waals surface area (Å²) < 4.78 is 18.1. The molecular weight excluding hydrogens is 455 g/mol. The Hall–Kier alpha value is -3.98. The highest BCUT2D eigenvalue weighted by Crippen LogP contribution is 2.41. The van der Waals surface area contributed by atoms with Crippen LogP contribution in [-0.4, -0.2) is 9.38 Å². The van der Waals surface area contributed by atoms with Crippen LogP contribution in [0.4, 0.5) is 4.39 Å².